The van der Waals surface area contributed by atoms with Gasteiger partial charge < -0.3 is 10.1 Å². The summed E-state index contributed by atoms with van der Waals surface area (Å²) in [7, 11) is 1.65. The first-order valence-corrected chi connectivity index (χ1v) is 7.80. The predicted molar refractivity (Wildman–Crippen MR) is 88.5 cm³/mol. The minimum absolute atomic E-state index is 0.0106. The lowest BCUT2D eigenvalue weighted by molar-refractivity contribution is 0.413. The summed E-state index contributed by atoms with van der Waals surface area (Å²) in [5, 5.41) is 7.74. The van der Waals surface area contributed by atoms with Crippen molar-refractivity contribution >= 4 is 5.95 Å². The van der Waals surface area contributed by atoms with Crippen LogP contribution in [-0.4, -0.2) is 21.9 Å². The van der Waals surface area contributed by atoms with E-state index in [2.05, 4.69) is 15.4 Å². The monoisotopic (exact) mass is 324 g/mol. The zero-order chi connectivity index (χ0) is 16.5. The molecule has 1 aliphatic heterocycles. The zero-order valence-electron chi connectivity index (χ0n) is 13.2. The maximum atomic E-state index is 13.2. The second-order valence-corrected chi connectivity index (χ2v) is 5.80. The van der Waals surface area contributed by atoms with Crippen molar-refractivity contribution < 1.29 is 9.13 Å². The average molecular weight is 324 g/mol. The number of benzene rings is 2. The molecular formula is C18H17FN4O. The third-order valence-corrected chi connectivity index (χ3v) is 4.40. The molecule has 2 heterocycles. The Hall–Kier alpha value is -2.89. The summed E-state index contributed by atoms with van der Waals surface area (Å²) >= 11 is 0. The van der Waals surface area contributed by atoms with Gasteiger partial charge >= 0.3 is 0 Å². The summed E-state index contributed by atoms with van der Waals surface area (Å²) in [5.74, 6) is 1.31. The second kappa shape index (κ2) is 5.96. The highest BCUT2D eigenvalue weighted by atomic mass is 19.1. The largest absolute Gasteiger partial charge is 0.497 e. The van der Waals surface area contributed by atoms with Gasteiger partial charge in [-0.15, -0.1) is 0 Å². The standard InChI is InChI=1S/C18H17FN4O/c1-24-15-8-4-12(5-9-15)16-10-17(13-2-6-14(19)7-3-13)23-18(22-16)20-11-21-23/h2-9,11,16-17H,10H2,1H3,(H,20,21,22)/t16-,17+/m0/s1. The molecule has 2 aromatic carbocycles. The Morgan fingerprint density at radius 3 is 2.50 bits per heavy atom. The Morgan fingerprint density at radius 1 is 1.08 bits per heavy atom. The first-order valence-electron chi connectivity index (χ1n) is 7.80. The van der Waals surface area contributed by atoms with Gasteiger partial charge in [0.2, 0.25) is 5.95 Å². The van der Waals surface area contributed by atoms with Crippen LogP contribution in [0.2, 0.25) is 0 Å². The van der Waals surface area contributed by atoms with Crippen molar-refractivity contribution in [2.24, 2.45) is 0 Å². The molecule has 6 heteroatoms. The molecule has 0 aliphatic carbocycles. The summed E-state index contributed by atoms with van der Waals surface area (Å²) < 4.78 is 20.3. The molecule has 0 spiro atoms. The molecular weight excluding hydrogens is 307 g/mol. The molecule has 0 amide bonds. The van der Waals surface area contributed by atoms with E-state index in [0.717, 1.165) is 29.2 Å². The molecule has 3 aromatic rings. The van der Waals surface area contributed by atoms with E-state index >= 15 is 0 Å². The van der Waals surface area contributed by atoms with E-state index in [9.17, 15) is 4.39 Å². The van der Waals surface area contributed by atoms with Gasteiger partial charge in [-0.05, 0) is 41.8 Å². The number of aromatic nitrogens is 3. The smallest absolute Gasteiger partial charge is 0.222 e. The molecule has 1 N–H and O–H groups in total. The third-order valence-electron chi connectivity index (χ3n) is 4.40. The number of hydrogen-bond donors (Lipinski definition) is 1. The predicted octanol–water partition coefficient (Wildman–Crippen LogP) is 3.57. The van der Waals surface area contributed by atoms with Crippen LogP contribution in [0.4, 0.5) is 10.3 Å². The molecule has 0 saturated heterocycles. The Balaban J connectivity index is 1.68. The lowest BCUT2D eigenvalue weighted by Crippen LogP contribution is -2.28. The Bertz CT molecular complexity index is 829. The first kappa shape index (κ1) is 14.7. The number of ether oxygens (including phenoxy) is 1. The summed E-state index contributed by atoms with van der Waals surface area (Å²) in [6.45, 7) is 0. The Kier molecular flexibility index (Phi) is 3.65. The van der Waals surface area contributed by atoms with Crippen molar-refractivity contribution in [3.63, 3.8) is 0 Å². The van der Waals surface area contributed by atoms with Gasteiger partial charge in [-0.3, -0.25) is 0 Å². The maximum absolute atomic E-state index is 13.2. The molecule has 0 radical (unpaired) electrons. The molecule has 5 nitrogen and oxygen atoms in total. The van der Waals surface area contributed by atoms with Crippen molar-refractivity contribution in [1.82, 2.24) is 14.8 Å². The number of nitrogens with one attached hydrogen (secondary N) is 1. The Labute approximate surface area is 139 Å². The number of halogens is 1. The van der Waals surface area contributed by atoms with Crippen molar-refractivity contribution in [2.75, 3.05) is 12.4 Å². The van der Waals surface area contributed by atoms with E-state index in [1.807, 2.05) is 41.1 Å². The fourth-order valence-electron chi connectivity index (χ4n) is 3.14. The van der Waals surface area contributed by atoms with Crippen LogP contribution in [0.1, 0.15) is 29.6 Å². The van der Waals surface area contributed by atoms with E-state index in [1.165, 1.54) is 18.5 Å². The van der Waals surface area contributed by atoms with Gasteiger partial charge in [0, 0.05) is 0 Å². The molecule has 2 atom stereocenters. The molecule has 1 aromatic heterocycles. The molecule has 24 heavy (non-hydrogen) atoms. The lowest BCUT2D eigenvalue weighted by Gasteiger charge is -2.31. The summed E-state index contributed by atoms with van der Waals surface area (Å²) in [6.07, 6.45) is 2.34. The van der Waals surface area contributed by atoms with Gasteiger partial charge in [0.25, 0.3) is 0 Å². The van der Waals surface area contributed by atoms with Gasteiger partial charge in [0.05, 0.1) is 19.2 Å². The molecule has 0 fully saturated rings. The number of rotatable bonds is 3. The van der Waals surface area contributed by atoms with Crippen molar-refractivity contribution in [2.45, 2.75) is 18.5 Å². The number of methoxy groups -OCH3 is 1. The average Bonchev–Trinajstić information content (AvgIpc) is 3.10. The highest BCUT2D eigenvalue weighted by molar-refractivity contribution is 5.39. The third kappa shape index (κ3) is 2.60. The van der Waals surface area contributed by atoms with Crippen molar-refractivity contribution in [3.8, 4) is 5.75 Å². The maximum Gasteiger partial charge on any atom is 0.222 e. The molecule has 122 valence electrons. The van der Waals surface area contributed by atoms with Crippen molar-refractivity contribution in [1.29, 1.82) is 0 Å². The highest BCUT2D eigenvalue weighted by Crippen LogP contribution is 2.37. The molecule has 0 bridgehead atoms. The summed E-state index contributed by atoms with van der Waals surface area (Å²) in [6, 6.07) is 14.7. The molecule has 4 rings (SSSR count). The van der Waals surface area contributed by atoms with Gasteiger partial charge in [0.1, 0.15) is 17.9 Å². The number of nitrogens with zero attached hydrogens (tertiary/aromatic N) is 3. The normalized spacial score (nSPS) is 19.4. The Morgan fingerprint density at radius 2 is 1.79 bits per heavy atom. The fourth-order valence-corrected chi connectivity index (χ4v) is 3.14. The number of hydrogen-bond acceptors (Lipinski definition) is 4. The zero-order valence-corrected chi connectivity index (χ0v) is 13.2. The minimum Gasteiger partial charge on any atom is -0.497 e. The van der Waals surface area contributed by atoms with Crippen LogP contribution < -0.4 is 10.1 Å². The van der Waals surface area contributed by atoms with Crippen LogP contribution in [-0.2, 0) is 0 Å². The van der Waals surface area contributed by atoms with Gasteiger partial charge in [-0.25, -0.2) is 9.07 Å². The van der Waals surface area contributed by atoms with Crippen LogP contribution in [0.25, 0.3) is 0 Å². The number of fused-ring (bicyclic) bond motifs is 1. The minimum atomic E-state index is -0.238. The van der Waals surface area contributed by atoms with E-state index in [-0.39, 0.29) is 17.9 Å². The van der Waals surface area contributed by atoms with Gasteiger partial charge in [-0.2, -0.15) is 10.1 Å². The summed E-state index contributed by atoms with van der Waals surface area (Å²) in [5.41, 5.74) is 2.17. The van der Waals surface area contributed by atoms with E-state index in [4.69, 9.17) is 4.74 Å². The molecule has 0 unspecified atom stereocenters. The van der Waals surface area contributed by atoms with Gasteiger partial charge in [0.15, 0.2) is 0 Å². The van der Waals surface area contributed by atoms with E-state index in [1.54, 1.807) is 7.11 Å². The van der Waals surface area contributed by atoms with Crippen LogP contribution >= 0.6 is 0 Å². The number of anilines is 1. The van der Waals surface area contributed by atoms with E-state index in [0.29, 0.717) is 0 Å². The fraction of sp³-hybridized carbons (Fsp3) is 0.222. The second-order valence-electron chi connectivity index (χ2n) is 5.80. The molecule has 1 aliphatic rings. The summed E-state index contributed by atoms with van der Waals surface area (Å²) in [4.78, 5) is 4.30. The first-order chi connectivity index (χ1) is 11.7. The lowest BCUT2D eigenvalue weighted by atomic mass is 9.93. The molecule has 0 saturated carbocycles. The van der Waals surface area contributed by atoms with Crippen LogP contribution in [0.3, 0.4) is 0 Å². The SMILES string of the molecule is COc1ccc([C@@H]2C[C@H](c3ccc(F)cc3)n3ncnc3N2)cc1. The van der Waals surface area contributed by atoms with Gasteiger partial charge in [-0.1, -0.05) is 24.3 Å². The topological polar surface area (TPSA) is 52.0 Å². The van der Waals surface area contributed by atoms with Crippen LogP contribution in [0.5, 0.6) is 5.75 Å². The highest BCUT2D eigenvalue weighted by Gasteiger charge is 2.29. The van der Waals surface area contributed by atoms with Crippen LogP contribution in [0, 0.1) is 5.82 Å². The van der Waals surface area contributed by atoms with Crippen LogP contribution in [0.15, 0.2) is 54.9 Å². The quantitative estimate of drug-likeness (QED) is 0.800. The van der Waals surface area contributed by atoms with E-state index < -0.39 is 0 Å². The van der Waals surface area contributed by atoms with Crippen molar-refractivity contribution in [3.05, 3.63) is 71.8 Å².